The maximum atomic E-state index is 15.2. The molecule has 0 saturated carbocycles. The second-order valence-corrected chi connectivity index (χ2v) is 23.8. The van der Waals surface area contributed by atoms with Crippen LogP contribution in [0.15, 0.2) is 64.1 Å². The highest BCUT2D eigenvalue weighted by Crippen LogP contribution is 2.42. The summed E-state index contributed by atoms with van der Waals surface area (Å²) in [5.74, 6) is -1.45. The van der Waals surface area contributed by atoms with Crippen LogP contribution in [0.1, 0.15) is 68.9 Å². The minimum atomic E-state index is -2.86. The van der Waals surface area contributed by atoms with Crippen LogP contribution in [-0.2, 0) is 27.6 Å². The lowest BCUT2D eigenvalue weighted by Gasteiger charge is -2.44. The van der Waals surface area contributed by atoms with Crippen molar-refractivity contribution < 1.29 is 27.7 Å². The van der Waals surface area contributed by atoms with Crippen molar-refractivity contribution in [1.29, 1.82) is 0 Å². The molecular weight excluding hydrogens is 994 g/mol. The van der Waals surface area contributed by atoms with Crippen LogP contribution in [0.2, 0.25) is 0 Å². The van der Waals surface area contributed by atoms with E-state index in [1.807, 2.05) is 11.0 Å². The van der Waals surface area contributed by atoms with Gasteiger partial charge in [0.1, 0.15) is 30.3 Å². The average molecular weight is 1060 g/mol. The van der Waals surface area contributed by atoms with Crippen molar-refractivity contribution in [1.82, 2.24) is 29.7 Å². The number of pyridine rings is 1. The van der Waals surface area contributed by atoms with Gasteiger partial charge in [-0.1, -0.05) is 6.92 Å². The number of piperidine rings is 3. The number of piperazine rings is 1. The first kappa shape index (κ1) is 50.5. The van der Waals surface area contributed by atoms with Gasteiger partial charge in [0.15, 0.2) is 0 Å². The molecular formula is C52H64BrF2N10O5P. The molecule has 1 atom stereocenters. The highest BCUT2D eigenvalue weighted by molar-refractivity contribution is 9.10. The molecule has 3 aromatic carbocycles. The highest BCUT2D eigenvalue weighted by atomic mass is 79.9. The van der Waals surface area contributed by atoms with E-state index >= 15 is 8.78 Å². The number of benzene rings is 3. The number of fused-ring (bicyclic) bond motifs is 1. The van der Waals surface area contributed by atoms with E-state index in [9.17, 15) is 18.9 Å². The van der Waals surface area contributed by atoms with Crippen LogP contribution in [0, 0.1) is 17.6 Å². The van der Waals surface area contributed by atoms with Crippen LogP contribution in [-0.4, -0.2) is 122 Å². The molecule has 0 bridgehead atoms. The number of imide groups is 1. The van der Waals surface area contributed by atoms with Gasteiger partial charge in [-0.25, -0.2) is 13.8 Å². The van der Waals surface area contributed by atoms with E-state index in [0.29, 0.717) is 61.4 Å². The predicted octanol–water partition coefficient (Wildman–Crippen LogP) is 8.09. The number of carbonyl (C=O) groups excluding carboxylic acids is 2. The summed E-state index contributed by atoms with van der Waals surface area (Å²) in [7, 11) is 0.510. The van der Waals surface area contributed by atoms with Gasteiger partial charge in [0.2, 0.25) is 17.8 Å². The zero-order valence-corrected chi connectivity index (χ0v) is 43.7. The molecule has 6 heterocycles. The van der Waals surface area contributed by atoms with E-state index in [1.54, 1.807) is 52.0 Å². The molecule has 5 aromatic rings. The number of nitrogens with one attached hydrogen (secondary N) is 3. The number of anilines is 6. The molecule has 9 rings (SSSR count). The van der Waals surface area contributed by atoms with Crippen molar-refractivity contribution in [2.75, 3.05) is 99.8 Å². The van der Waals surface area contributed by atoms with E-state index in [2.05, 4.69) is 70.6 Å². The van der Waals surface area contributed by atoms with Gasteiger partial charge < -0.3 is 39.2 Å². The molecule has 4 aliphatic rings. The fourth-order valence-electron chi connectivity index (χ4n) is 11.0. The predicted molar refractivity (Wildman–Crippen MR) is 281 cm³/mol. The van der Waals surface area contributed by atoms with Gasteiger partial charge in [-0.15, -0.1) is 0 Å². The van der Waals surface area contributed by atoms with Crippen molar-refractivity contribution >= 4 is 85.5 Å². The van der Waals surface area contributed by atoms with Crippen LogP contribution < -0.4 is 41.4 Å². The lowest BCUT2D eigenvalue weighted by atomic mass is 9.89. The Balaban J connectivity index is 0.758. The molecule has 19 heteroatoms. The van der Waals surface area contributed by atoms with E-state index < -0.39 is 36.5 Å². The quantitative estimate of drug-likeness (QED) is 0.0725. The van der Waals surface area contributed by atoms with E-state index in [-0.39, 0.29) is 24.0 Å². The Labute approximate surface area is 422 Å². The Kier molecular flexibility index (Phi) is 15.2. The Morgan fingerprint density at radius 1 is 0.859 bits per heavy atom. The Morgan fingerprint density at radius 2 is 1.56 bits per heavy atom. The zero-order chi connectivity index (χ0) is 50.1. The van der Waals surface area contributed by atoms with Crippen molar-refractivity contribution in [2.24, 2.45) is 13.0 Å². The summed E-state index contributed by atoms with van der Waals surface area (Å²) in [4.78, 5) is 56.0. The summed E-state index contributed by atoms with van der Waals surface area (Å²) in [6.45, 7) is 14.2. The van der Waals surface area contributed by atoms with Crippen molar-refractivity contribution in [3.8, 4) is 5.75 Å². The topological polar surface area (TPSA) is 157 Å². The Bertz CT molecular complexity index is 2910. The summed E-state index contributed by atoms with van der Waals surface area (Å²) in [5.41, 5.74) is 3.82. The molecule has 0 radical (unpaired) electrons. The first-order valence-corrected chi connectivity index (χ1v) is 28.2. The summed E-state index contributed by atoms with van der Waals surface area (Å²) >= 11 is 3.60. The molecule has 2 aromatic heterocycles. The third-order valence-electron chi connectivity index (χ3n) is 15.0. The standard InChI is InChI=1S/C52H64BrF2N10O5P/c1-6-33-27-43(58-52-56-31-39(53)49(60-52)57-42-9-7-37-36(48(42)71(4,5)69)16-17-61(2)51(37)68)45(70-3)30-44(33)65-21-14-34(15-22-65)64-25-23-62(24-26-64)18-11-32-12-19-63(20-13-32)35-28-40(54)47(41(55)29-35)38-8-10-46(66)59-50(38)67/h7,9,16-17,27-32,34,38H,6,8,10-15,18-26H2,1-5H3,(H,59,66,67)(H2,56,57,58,60). The lowest BCUT2D eigenvalue weighted by molar-refractivity contribution is -0.134. The largest absolute Gasteiger partial charge is 0.494 e. The first-order valence-electron chi connectivity index (χ1n) is 24.8. The van der Waals surface area contributed by atoms with E-state index in [0.717, 1.165) is 103 Å². The fourth-order valence-corrected chi connectivity index (χ4v) is 12.8. The van der Waals surface area contributed by atoms with Crippen LogP contribution in [0.5, 0.6) is 5.75 Å². The number of carbonyl (C=O) groups is 2. The second-order valence-electron chi connectivity index (χ2n) is 19.8. The number of amides is 2. The molecule has 4 saturated heterocycles. The lowest BCUT2D eigenvalue weighted by Crippen LogP contribution is -2.53. The first-order chi connectivity index (χ1) is 34.1. The van der Waals surface area contributed by atoms with Gasteiger partial charge in [0.05, 0.1) is 28.9 Å². The van der Waals surface area contributed by atoms with Crippen LogP contribution >= 0.6 is 23.1 Å². The number of ether oxygens (including phenoxy) is 1. The average Bonchev–Trinajstić information content (AvgIpc) is 3.35. The van der Waals surface area contributed by atoms with E-state index in [1.165, 1.54) is 28.0 Å². The molecule has 0 aliphatic carbocycles. The van der Waals surface area contributed by atoms with Crippen molar-refractivity contribution in [3.63, 3.8) is 0 Å². The van der Waals surface area contributed by atoms with Crippen molar-refractivity contribution in [2.45, 2.75) is 70.3 Å². The summed E-state index contributed by atoms with van der Waals surface area (Å²) in [5, 5.41) is 10.7. The highest BCUT2D eigenvalue weighted by Gasteiger charge is 2.34. The maximum absolute atomic E-state index is 15.2. The minimum Gasteiger partial charge on any atom is -0.494 e. The third-order valence-corrected chi connectivity index (χ3v) is 17.1. The molecule has 2 amide bonds. The minimum absolute atomic E-state index is 0.0676. The smallest absolute Gasteiger partial charge is 0.258 e. The number of methoxy groups -OCH3 is 1. The van der Waals surface area contributed by atoms with Gasteiger partial charge in [-0.05, 0) is 129 Å². The monoisotopic (exact) mass is 1060 g/mol. The van der Waals surface area contributed by atoms with E-state index in [4.69, 9.17) is 9.72 Å². The van der Waals surface area contributed by atoms with Gasteiger partial charge >= 0.3 is 0 Å². The molecule has 0 spiro atoms. The molecule has 1 unspecified atom stereocenters. The number of hydrogen-bond donors (Lipinski definition) is 3. The maximum Gasteiger partial charge on any atom is 0.258 e. The van der Waals surface area contributed by atoms with Crippen LogP contribution in [0.3, 0.4) is 0 Å². The van der Waals surface area contributed by atoms with Crippen molar-refractivity contribution in [3.05, 3.63) is 92.4 Å². The zero-order valence-electron chi connectivity index (χ0n) is 41.2. The molecule has 4 aliphatic heterocycles. The Hall–Kier alpha value is -5.42. The van der Waals surface area contributed by atoms with Crippen LogP contribution in [0.25, 0.3) is 10.8 Å². The number of nitrogens with zero attached hydrogens (tertiary/aromatic N) is 7. The summed E-state index contributed by atoms with van der Waals surface area (Å²) in [6, 6.07) is 12.8. The molecule has 71 heavy (non-hydrogen) atoms. The molecule has 15 nitrogen and oxygen atoms in total. The van der Waals surface area contributed by atoms with Gasteiger partial charge in [-0.3, -0.25) is 24.6 Å². The van der Waals surface area contributed by atoms with Gasteiger partial charge in [0, 0.05) is 123 Å². The normalized spacial score (nSPS) is 19.1. The Morgan fingerprint density at radius 3 is 2.23 bits per heavy atom. The van der Waals surface area contributed by atoms with Gasteiger partial charge in [0.25, 0.3) is 5.56 Å². The molecule has 378 valence electrons. The second kappa shape index (κ2) is 21.3. The molecule has 3 N–H and O–H groups in total. The fraction of sp³-hybridized carbons (Fsp3) is 0.481. The SMILES string of the molecule is CCc1cc(Nc2ncc(Br)c(Nc3ccc4c(=O)n(C)ccc4c3P(C)(C)=O)n2)c(OC)cc1N1CCC(N2CCN(CCC3CCN(c4cc(F)c(C5CCC(=O)NC5=O)c(F)c4)CC3)CC2)CC1. The number of aryl methyl sites for hydroxylation is 2. The summed E-state index contributed by atoms with van der Waals surface area (Å²) in [6.07, 6.45) is 9.56. The van der Waals surface area contributed by atoms with Gasteiger partial charge in [-0.2, -0.15) is 4.98 Å². The number of rotatable bonds is 14. The third kappa shape index (κ3) is 11.0. The summed E-state index contributed by atoms with van der Waals surface area (Å²) < 4.78 is 52.3. The number of hydrogen-bond acceptors (Lipinski definition) is 13. The van der Waals surface area contributed by atoms with Crippen LogP contribution in [0.4, 0.5) is 43.3 Å². The number of aromatic nitrogens is 3. The number of halogens is 3. The molecule has 4 fully saturated rings.